The largest absolute Gasteiger partial charge is 0.294 e. The van der Waals surface area contributed by atoms with Crippen LogP contribution >= 0.6 is 0 Å². The van der Waals surface area contributed by atoms with E-state index in [1.165, 1.54) is 5.37 Å². The first-order chi connectivity index (χ1) is 4.66. The Morgan fingerprint density at radius 3 is 1.91 bits per heavy atom. The van der Waals surface area contributed by atoms with E-state index in [0.29, 0.717) is 0 Å². The van der Waals surface area contributed by atoms with Crippen molar-refractivity contribution in [3.63, 3.8) is 0 Å². The lowest BCUT2D eigenvalue weighted by Gasteiger charge is -2.30. The van der Waals surface area contributed by atoms with Gasteiger partial charge in [-0.3, -0.25) is 8.74 Å². The highest BCUT2D eigenvalue weighted by Crippen LogP contribution is 2.38. The molecule has 1 rings (SSSR count). The molecule has 0 bridgehead atoms. The third-order valence-corrected chi connectivity index (χ3v) is 3.87. The molecule has 0 saturated heterocycles. The van der Waals surface area contributed by atoms with Gasteiger partial charge in [-0.05, 0) is 13.8 Å². The Bertz CT molecular complexity index is 282. The average molecular weight is 178 g/mol. The first-order valence-electron chi connectivity index (χ1n) is 3.49. The van der Waals surface area contributed by atoms with Gasteiger partial charge in [-0.15, -0.1) is 0 Å². The Morgan fingerprint density at radius 1 is 1.36 bits per heavy atom. The van der Waals surface area contributed by atoms with E-state index >= 15 is 0 Å². The van der Waals surface area contributed by atoms with Crippen molar-refractivity contribution < 1.29 is 12.9 Å². The van der Waals surface area contributed by atoms with Crippen LogP contribution in [0.25, 0.3) is 0 Å². The highest BCUT2D eigenvalue weighted by Gasteiger charge is 2.45. The van der Waals surface area contributed by atoms with Crippen LogP contribution in [0.5, 0.6) is 0 Å². The van der Waals surface area contributed by atoms with E-state index in [0.717, 1.165) is 0 Å². The van der Waals surface area contributed by atoms with E-state index in [1.54, 1.807) is 0 Å². The summed E-state index contributed by atoms with van der Waals surface area (Å²) >= 11 is 0. The molecule has 0 aliphatic carbocycles. The van der Waals surface area contributed by atoms with Crippen molar-refractivity contribution in [2.45, 2.75) is 33.3 Å². The molecule has 0 spiro atoms. The lowest BCUT2D eigenvalue weighted by atomic mass is 9.79. The molecular weight excluding hydrogens is 164 g/mol. The monoisotopic (exact) mass is 178 g/mol. The lowest BCUT2D eigenvalue weighted by molar-refractivity contribution is 0.0494. The molecule has 0 aromatic carbocycles. The highest BCUT2D eigenvalue weighted by molar-refractivity contribution is 7.92. The molecule has 1 aliphatic heterocycles. The van der Waals surface area contributed by atoms with Crippen molar-refractivity contribution in [2.24, 2.45) is 5.41 Å². The zero-order valence-electron chi connectivity index (χ0n) is 7.25. The van der Waals surface area contributed by atoms with E-state index < -0.39 is 15.7 Å². The molecule has 1 atom stereocenters. The second-order valence-electron chi connectivity index (χ2n) is 3.95. The van der Waals surface area contributed by atoms with Gasteiger partial charge in [0.05, 0.1) is 5.60 Å². The molecule has 3 nitrogen and oxygen atoms in total. The van der Waals surface area contributed by atoms with Gasteiger partial charge in [0.25, 0.3) is 0 Å². The first-order valence-corrected chi connectivity index (χ1v) is 5.00. The van der Waals surface area contributed by atoms with Crippen LogP contribution in [-0.4, -0.2) is 19.7 Å². The second kappa shape index (κ2) is 2.00. The molecule has 1 N–H and O–H groups in total. The van der Waals surface area contributed by atoms with E-state index in [4.69, 9.17) is 8.74 Å². The van der Waals surface area contributed by atoms with Gasteiger partial charge in [0.15, 0.2) is 10.1 Å². The maximum atomic E-state index is 11.1. The van der Waals surface area contributed by atoms with Crippen LogP contribution < -0.4 is 0 Å². The fourth-order valence-electron chi connectivity index (χ4n) is 0.944. The van der Waals surface area contributed by atoms with Crippen LogP contribution in [0.4, 0.5) is 0 Å². The normalized spacial score (nSPS) is 40.1. The predicted octanol–water partition coefficient (Wildman–Crippen LogP) is 1.30. The Morgan fingerprint density at radius 2 is 1.82 bits per heavy atom. The molecule has 11 heavy (non-hydrogen) atoms. The molecule has 0 aromatic heterocycles. The molecule has 1 unspecified atom stereocenters. The molecule has 1 aliphatic rings. The molecule has 4 heteroatoms. The van der Waals surface area contributed by atoms with Gasteiger partial charge in [0.1, 0.15) is 0 Å². The predicted molar refractivity (Wildman–Crippen MR) is 45.8 cm³/mol. The van der Waals surface area contributed by atoms with Gasteiger partial charge in [0, 0.05) is 10.8 Å². The third kappa shape index (κ3) is 1.43. The zero-order valence-corrected chi connectivity index (χ0v) is 8.07. The third-order valence-electron chi connectivity index (χ3n) is 2.32. The number of hydrogen-bond acceptors (Lipinski definition) is 2. The molecular formula is C7H14O3S. The molecule has 0 amide bonds. The van der Waals surface area contributed by atoms with Gasteiger partial charge in [-0.25, -0.2) is 4.21 Å². The van der Waals surface area contributed by atoms with Crippen LogP contribution in [0.3, 0.4) is 0 Å². The quantitative estimate of drug-likeness (QED) is 0.569. The van der Waals surface area contributed by atoms with Crippen molar-refractivity contribution in [3.8, 4) is 0 Å². The topological polar surface area (TPSA) is 46.5 Å². The summed E-state index contributed by atoms with van der Waals surface area (Å²) in [6, 6.07) is 0. The molecule has 66 valence electrons. The SMILES string of the molecule is CC1(C)C=S(=O)(O)OC1(C)C. The molecule has 0 fully saturated rings. The second-order valence-corrected chi connectivity index (χ2v) is 5.38. The van der Waals surface area contributed by atoms with Gasteiger partial charge in [-0.1, -0.05) is 13.8 Å². The van der Waals surface area contributed by atoms with Gasteiger partial charge >= 0.3 is 0 Å². The van der Waals surface area contributed by atoms with Crippen LogP contribution in [0.1, 0.15) is 27.7 Å². The Balaban J connectivity index is 3.17. The van der Waals surface area contributed by atoms with Crippen LogP contribution in [0.15, 0.2) is 0 Å². The summed E-state index contributed by atoms with van der Waals surface area (Å²) in [7, 11) is -3.14. The van der Waals surface area contributed by atoms with E-state index in [2.05, 4.69) is 0 Å². The smallest absolute Gasteiger partial charge is 0.199 e. The molecule has 0 saturated carbocycles. The van der Waals surface area contributed by atoms with Crippen molar-refractivity contribution in [2.75, 3.05) is 0 Å². The Kier molecular flexibility index (Phi) is 1.64. The average Bonchev–Trinajstić information content (AvgIpc) is 1.66. The molecule has 0 aromatic rings. The Hall–Kier alpha value is -0.0600. The van der Waals surface area contributed by atoms with Crippen molar-refractivity contribution in [3.05, 3.63) is 0 Å². The summed E-state index contributed by atoms with van der Waals surface area (Å²) in [5.74, 6) is 0. The summed E-state index contributed by atoms with van der Waals surface area (Å²) in [6.07, 6.45) is 0. The van der Waals surface area contributed by atoms with E-state index in [-0.39, 0.29) is 5.41 Å². The van der Waals surface area contributed by atoms with Gasteiger partial charge in [-0.2, -0.15) is 0 Å². The van der Waals surface area contributed by atoms with Crippen LogP contribution in [0, 0.1) is 5.41 Å². The minimum atomic E-state index is -3.14. The fourth-order valence-corrected chi connectivity index (χ4v) is 2.83. The summed E-state index contributed by atoms with van der Waals surface area (Å²) in [5, 5.41) is 1.38. The maximum absolute atomic E-state index is 11.1. The summed E-state index contributed by atoms with van der Waals surface area (Å²) in [5.41, 5.74) is -0.905. The van der Waals surface area contributed by atoms with Crippen molar-refractivity contribution in [1.29, 1.82) is 0 Å². The number of hydrogen-bond donors (Lipinski definition) is 1. The van der Waals surface area contributed by atoms with Crippen LogP contribution in [-0.2, 0) is 14.3 Å². The Labute approximate surface area is 67.8 Å². The number of rotatable bonds is 0. The minimum Gasteiger partial charge on any atom is -0.294 e. The zero-order chi connectivity index (χ0) is 8.91. The lowest BCUT2D eigenvalue weighted by Crippen LogP contribution is -2.37. The first kappa shape index (κ1) is 9.03. The van der Waals surface area contributed by atoms with E-state index in [1.807, 2.05) is 27.7 Å². The van der Waals surface area contributed by atoms with Gasteiger partial charge in [0.2, 0.25) is 0 Å². The molecule has 1 heterocycles. The van der Waals surface area contributed by atoms with Gasteiger partial charge < -0.3 is 0 Å². The fraction of sp³-hybridized carbons (Fsp3) is 0.857. The minimum absolute atomic E-state index is 0.348. The highest BCUT2D eigenvalue weighted by atomic mass is 32.2. The standard InChI is InChI=1S/C7H14O3S/c1-6(2)5-11(8,9)10-7(6,3)4/h5H,1-4H3,(H,8,9). The summed E-state index contributed by atoms with van der Waals surface area (Å²) < 4.78 is 25.2. The summed E-state index contributed by atoms with van der Waals surface area (Å²) in [4.78, 5) is 0. The van der Waals surface area contributed by atoms with Crippen molar-refractivity contribution >= 4 is 15.5 Å². The maximum Gasteiger partial charge on any atom is 0.199 e. The summed E-state index contributed by atoms with van der Waals surface area (Å²) in [6.45, 7) is 7.39. The van der Waals surface area contributed by atoms with Crippen molar-refractivity contribution in [1.82, 2.24) is 0 Å². The van der Waals surface area contributed by atoms with E-state index in [9.17, 15) is 4.21 Å². The molecule has 0 radical (unpaired) electrons. The van der Waals surface area contributed by atoms with Crippen LogP contribution in [0.2, 0.25) is 0 Å².